The third-order valence-corrected chi connectivity index (χ3v) is 5.15. The van der Waals surface area contributed by atoms with E-state index < -0.39 is 0 Å². The van der Waals surface area contributed by atoms with Gasteiger partial charge in [-0.25, -0.2) is 0 Å². The van der Waals surface area contributed by atoms with Crippen LogP contribution in [0.1, 0.15) is 25.7 Å². The van der Waals surface area contributed by atoms with Crippen molar-refractivity contribution in [3.8, 4) is 0 Å². The Balaban J connectivity index is 1.69. The van der Waals surface area contributed by atoms with Gasteiger partial charge in [0, 0.05) is 6.04 Å². The molecule has 5 heteroatoms. The number of nitrogens with one attached hydrogen (secondary N) is 1. The van der Waals surface area contributed by atoms with Crippen LogP contribution < -0.4 is 5.32 Å². The van der Waals surface area contributed by atoms with Crippen LogP contribution in [0.25, 0.3) is 11.0 Å². The molecule has 1 aromatic heterocycles. The second kappa shape index (κ2) is 4.07. The van der Waals surface area contributed by atoms with E-state index >= 15 is 0 Å². The van der Waals surface area contributed by atoms with E-state index in [0.717, 1.165) is 33.6 Å². The van der Waals surface area contributed by atoms with Crippen LogP contribution in [0.15, 0.2) is 12.1 Å². The van der Waals surface area contributed by atoms with Crippen LogP contribution in [0.2, 0.25) is 5.02 Å². The summed E-state index contributed by atoms with van der Waals surface area (Å²) in [7, 11) is 0. The highest BCUT2D eigenvalue weighted by molar-refractivity contribution is 7.00. The van der Waals surface area contributed by atoms with Crippen LogP contribution in [0.3, 0.4) is 0 Å². The second-order valence-electron chi connectivity index (χ2n) is 5.40. The summed E-state index contributed by atoms with van der Waals surface area (Å²) in [6.45, 7) is 0. The number of nitrogens with zero attached hydrogens (tertiary/aromatic N) is 2. The summed E-state index contributed by atoms with van der Waals surface area (Å²) in [6, 6.07) is 4.43. The van der Waals surface area contributed by atoms with E-state index in [2.05, 4.69) is 14.1 Å². The molecule has 1 heterocycles. The van der Waals surface area contributed by atoms with Crippen molar-refractivity contribution in [1.82, 2.24) is 8.75 Å². The molecule has 2 fully saturated rings. The Hall–Kier alpha value is -0.870. The monoisotopic (exact) mass is 279 g/mol. The third-order valence-electron chi connectivity index (χ3n) is 4.29. The highest BCUT2D eigenvalue weighted by atomic mass is 35.5. The number of anilines is 1. The standard InChI is InChI=1S/C13H14ClN3S/c14-9-4-5-11-13(17-18-16-11)12(9)15-10-3-1-2-7-6-8(7)10/h4-5,7-8,10,15H,1-3,6H2. The molecule has 4 rings (SSSR count). The summed E-state index contributed by atoms with van der Waals surface area (Å²) < 4.78 is 8.64. The van der Waals surface area contributed by atoms with Crippen molar-refractivity contribution in [1.29, 1.82) is 0 Å². The number of halogens is 1. The van der Waals surface area contributed by atoms with Crippen molar-refractivity contribution in [3.63, 3.8) is 0 Å². The first kappa shape index (κ1) is 11.0. The Morgan fingerprint density at radius 3 is 3.17 bits per heavy atom. The number of fused-ring (bicyclic) bond motifs is 2. The summed E-state index contributed by atoms with van der Waals surface area (Å²) >= 11 is 7.57. The van der Waals surface area contributed by atoms with Gasteiger partial charge in [-0.05, 0) is 36.8 Å². The molecule has 2 aromatic rings. The molecule has 0 radical (unpaired) electrons. The van der Waals surface area contributed by atoms with Crippen LogP contribution in [0.4, 0.5) is 5.69 Å². The molecule has 3 unspecified atom stereocenters. The van der Waals surface area contributed by atoms with Crippen molar-refractivity contribution in [2.24, 2.45) is 11.8 Å². The first-order valence-corrected chi connectivity index (χ1v) is 7.61. The molecule has 18 heavy (non-hydrogen) atoms. The lowest BCUT2D eigenvalue weighted by Crippen LogP contribution is -2.25. The summed E-state index contributed by atoms with van der Waals surface area (Å²) in [5.41, 5.74) is 2.85. The van der Waals surface area contributed by atoms with Crippen molar-refractivity contribution < 1.29 is 0 Å². The highest BCUT2D eigenvalue weighted by Crippen LogP contribution is 2.50. The molecule has 1 N–H and O–H groups in total. The molecule has 2 aliphatic carbocycles. The van der Waals surface area contributed by atoms with Gasteiger partial charge in [-0.3, -0.25) is 0 Å². The Labute approximate surface area is 115 Å². The molecule has 3 atom stereocenters. The minimum Gasteiger partial charge on any atom is -0.379 e. The number of hydrogen-bond donors (Lipinski definition) is 1. The topological polar surface area (TPSA) is 37.8 Å². The SMILES string of the molecule is Clc1ccc2nsnc2c1NC1CCCC2CC21. The van der Waals surface area contributed by atoms with Gasteiger partial charge < -0.3 is 5.32 Å². The predicted molar refractivity (Wildman–Crippen MR) is 75.3 cm³/mol. The lowest BCUT2D eigenvalue weighted by atomic mass is 9.95. The molecular weight excluding hydrogens is 266 g/mol. The molecule has 3 nitrogen and oxygen atoms in total. The van der Waals surface area contributed by atoms with E-state index in [9.17, 15) is 0 Å². The van der Waals surface area contributed by atoms with Crippen LogP contribution in [-0.2, 0) is 0 Å². The molecule has 2 aliphatic rings. The second-order valence-corrected chi connectivity index (χ2v) is 6.33. The largest absolute Gasteiger partial charge is 0.379 e. The molecule has 0 aliphatic heterocycles. The zero-order valence-electron chi connectivity index (χ0n) is 9.90. The maximum absolute atomic E-state index is 6.32. The van der Waals surface area contributed by atoms with Crippen LogP contribution in [0, 0.1) is 11.8 Å². The molecule has 0 saturated heterocycles. The van der Waals surface area contributed by atoms with Crippen molar-refractivity contribution in [2.75, 3.05) is 5.32 Å². The van der Waals surface area contributed by atoms with E-state index in [0.29, 0.717) is 6.04 Å². The minimum absolute atomic E-state index is 0.577. The summed E-state index contributed by atoms with van der Waals surface area (Å²) in [4.78, 5) is 0. The fourth-order valence-electron chi connectivity index (χ4n) is 3.24. The van der Waals surface area contributed by atoms with Gasteiger partial charge >= 0.3 is 0 Å². The van der Waals surface area contributed by atoms with Crippen molar-refractivity contribution >= 4 is 40.0 Å². The van der Waals surface area contributed by atoms with Gasteiger partial charge in [0.05, 0.1) is 22.4 Å². The molecule has 94 valence electrons. The van der Waals surface area contributed by atoms with Gasteiger partial charge in [0.1, 0.15) is 11.0 Å². The Bertz CT molecular complexity index is 597. The van der Waals surface area contributed by atoms with Gasteiger partial charge in [0.15, 0.2) is 0 Å². The molecule has 0 bridgehead atoms. The third kappa shape index (κ3) is 1.70. The summed E-state index contributed by atoms with van der Waals surface area (Å²) in [5, 5.41) is 4.40. The van der Waals surface area contributed by atoms with Crippen molar-refractivity contribution in [2.45, 2.75) is 31.7 Å². The fourth-order valence-corrected chi connectivity index (χ4v) is 3.99. The average molecular weight is 280 g/mol. The van der Waals surface area contributed by atoms with Gasteiger partial charge in [-0.15, -0.1) is 0 Å². The maximum atomic E-state index is 6.32. The van der Waals surface area contributed by atoms with E-state index in [-0.39, 0.29) is 0 Å². The molecule has 0 spiro atoms. The minimum atomic E-state index is 0.577. The first-order chi connectivity index (χ1) is 8.83. The number of benzene rings is 1. The van der Waals surface area contributed by atoms with Crippen LogP contribution >= 0.6 is 23.3 Å². The van der Waals surface area contributed by atoms with Crippen LogP contribution in [0.5, 0.6) is 0 Å². The highest BCUT2D eigenvalue weighted by Gasteiger charge is 2.45. The number of hydrogen-bond acceptors (Lipinski definition) is 4. The zero-order valence-corrected chi connectivity index (χ0v) is 11.5. The number of aromatic nitrogens is 2. The Kier molecular flexibility index (Phi) is 2.49. The maximum Gasteiger partial charge on any atom is 0.129 e. The number of rotatable bonds is 2. The first-order valence-electron chi connectivity index (χ1n) is 6.50. The van der Waals surface area contributed by atoms with Gasteiger partial charge in [-0.2, -0.15) is 8.75 Å². The lowest BCUT2D eigenvalue weighted by Gasteiger charge is -2.24. The van der Waals surface area contributed by atoms with E-state index in [1.54, 1.807) is 0 Å². The normalized spacial score (nSPS) is 30.2. The van der Waals surface area contributed by atoms with Gasteiger partial charge in [-0.1, -0.05) is 24.4 Å². The Morgan fingerprint density at radius 2 is 2.22 bits per heavy atom. The van der Waals surface area contributed by atoms with Crippen molar-refractivity contribution in [3.05, 3.63) is 17.2 Å². The van der Waals surface area contributed by atoms with E-state index in [1.807, 2.05) is 12.1 Å². The smallest absolute Gasteiger partial charge is 0.129 e. The molecule has 2 saturated carbocycles. The quantitative estimate of drug-likeness (QED) is 0.905. The molecular formula is C13H14ClN3S. The predicted octanol–water partition coefficient (Wildman–Crippen LogP) is 3.95. The van der Waals surface area contributed by atoms with Gasteiger partial charge in [0.2, 0.25) is 0 Å². The van der Waals surface area contributed by atoms with E-state index in [4.69, 9.17) is 11.6 Å². The summed E-state index contributed by atoms with van der Waals surface area (Å²) in [6.07, 6.45) is 5.40. The van der Waals surface area contributed by atoms with Gasteiger partial charge in [0.25, 0.3) is 0 Å². The average Bonchev–Trinajstić information content (AvgIpc) is 3.02. The van der Waals surface area contributed by atoms with Crippen LogP contribution in [-0.4, -0.2) is 14.8 Å². The van der Waals surface area contributed by atoms with E-state index in [1.165, 1.54) is 37.4 Å². The Morgan fingerprint density at radius 1 is 1.28 bits per heavy atom. The zero-order chi connectivity index (χ0) is 12.1. The molecule has 0 amide bonds. The summed E-state index contributed by atoms with van der Waals surface area (Å²) in [5.74, 6) is 1.82. The lowest BCUT2D eigenvalue weighted by molar-refractivity contribution is 0.440. The molecule has 1 aromatic carbocycles. The fraction of sp³-hybridized carbons (Fsp3) is 0.538.